The molecular weight excluding hydrogens is 278 g/mol. The molecule has 2 aromatic rings. The van der Waals surface area contributed by atoms with Crippen LogP contribution in [-0.2, 0) is 0 Å². The van der Waals surface area contributed by atoms with Crippen molar-refractivity contribution in [3.8, 4) is 0 Å². The summed E-state index contributed by atoms with van der Waals surface area (Å²) in [6.45, 7) is 1.82. The van der Waals surface area contributed by atoms with Crippen LogP contribution in [0, 0.1) is 10.1 Å². The molecule has 0 N–H and O–H groups in total. The second-order valence-electron chi connectivity index (χ2n) is 4.32. The molecule has 0 aliphatic heterocycles. The number of hydrogen-bond acceptors (Lipinski definition) is 5. The van der Waals surface area contributed by atoms with E-state index in [2.05, 4.69) is 4.98 Å². The van der Waals surface area contributed by atoms with Crippen molar-refractivity contribution in [2.24, 2.45) is 0 Å². The quantitative estimate of drug-likeness (QED) is 0.641. The SMILES string of the molecule is CC(c1cccc([N+](=O)[O-])c1)N(C)C(=O)c1cscn1. The Kier molecular flexibility index (Phi) is 4.09. The predicted molar refractivity (Wildman–Crippen MR) is 75.7 cm³/mol. The number of thiazole rings is 1. The van der Waals surface area contributed by atoms with Crippen LogP contribution in [0.3, 0.4) is 0 Å². The van der Waals surface area contributed by atoms with Crippen LogP contribution in [0.4, 0.5) is 5.69 Å². The van der Waals surface area contributed by atoms with E-state index in [0.29, 0.717) is 11.3 Å². The number of carbonyl (C=O) groups excluding carboxylic acids is 1. The van der Waals surface area contributed by atoms with Gasteiger partial charge in [-0.05, 0) is 12.5 Å². The highest BCUT2D eigenvalue weighted by Gasteiger charge is 2.21. The summed E-state index contributed by atoms with van der Waals surface area (Å²) in [6.07, 6.45) is 0. The Labute approximate surface area is 119 Å². The van der Waals surface area contributed by atoms with Gasteiger partial charge in [-0.25, -0.2) is 4.98 Å². The van der Waals surface area contributed by atoms with E-state index in [9.17, 15) is 14.9 Å². The van der Waals surface area contributed by atoms with Crippen LogP contribution < -0.4 is 0 Å². The molecule has 2 rings (SSSR count). The number of nitrogens with zero attached hydrogens (tertiary/aromatic N) is 3. The van der Waals surface area contributed by atoms with Gasteiger partial charge in [0.15, 0.2) is 0 Å². The molecule has 0 radical (unpaired) electrons. The van der Waals surface area contributed by atoms with Crippen molar-refractivity contribution in [3.63, 3.8) is 0 Å². The molecular formula is C13H13N3O3S. The highest BCUT2D eigenvalue weighted by molar-refractivity contribution is 7.07. The molecule has 0 bridgehead atoms. The lowest BCUT2D eigenvalue weighted by atomic mass is 10.1. The Morgan fingerprint density at radius 1 is 1.50 bits per heavy atom. The standard InChI is InChI=1S/C13H13N3O3S/c1-9(10-4-3-5-11(6-10)16(18)19)15(2)13(17)12-7-20-8-14-12/h3-9H,1-2H3. The van der Waals surface area contributed by atoms with Crippen molar-refractivity contribution in [2.45, 2.75) is 13.0 Å². The van der Waals surface area contributed by atoms with E-state index in [1.807, 2.05) is 6.92 Å². The zero-order chi connectivity index (χ0) is 14.7. The second-order valence-corrected chi connectivity index (χ2v) is 5.04. The molecule has 1 heterocycles. The molecule has 20 heavy (non-hydrogen) atoms. The van der Waals surface area contributed by atoms with Crippen molar-refractivity contribution < 1.29 is 9.72 Å². The van der Waals surface area contributed by atoms with E-state index in [0.717, 1.165) is 0 Å². The molecule has 0 aliphatic rings. The fraction of sp³-hybridized carbons (Fsp3) is 0.231. The van der Waals surface area contributed by atoms with Crippen LogP contribution in [0.15, 0.2) is 35.2 Å². The molecule has 1 aromatic heterocycles. The van der Waals surface area contributed by atoms with Crippen LogP contribution in [0.5, 0.6) is 0 Å². The predicted octanol–water partition coefficient (Wildman–Crippen LogP) is 2.88. The Morgan fingerprint density at radius 2 is 2.25 bits per heavy atom. The number of benzene rings is 1. The van der Waals surface area contributed by atoms with E-state index in [4.69, 9.17) is 0 Å². The van der Waals surface area contributed by atoms with Gasteiger partial charge < -0.3 is 4.90 Å². The summed E-state index contributed by atoms with van der Waals surface area (Å²) in [5.74, 6) is -0.203. The van der Waals surface area contributed by atoms with E-state index < -0.39 is 4.92 Å². The van der Waals surface area contributed by atoms with Gasteiger partial charge in [0.2, 0.25) is 0 Å². The zero-order valence-electron chi connectivity index (χ0n) is 11.0. The minimum Gasteiger partial charge on any atom is -0.334 e. The van der Waals surface area contributed by atoms with Gasteiger partial charge in [-0.3, -0.25) is 14.9 Å². The molecule has 0 saturated carbocycles. The Morgan fingerprint density at radius 3 is 2.85 bits per heavy atom. The monoisotopic (exact) mass is 291 g/mol. The van der Waals surface area contributed by atoms with E-state index in [1.54, 1.807) is 30.1 Å². The van der Waals surface area contributed by atoms with Crippen molar-refractivity contribution in [2.75, 3.05) is 7.05 Å². The lowest BCUT2D eigenvalue weighted by Gasteiger charge is -2.24. The van der Waals surface area contributed by atoms with E-state index in [1.165, 1.54) is 28.4 Å². The molecule has 7 heteroatoms. The van der Waals surface area contributed by atoms with Crippen LogP contribution in [0.1, 0.15) is 29.0 Å². The topological polar surface area (TPSA) is 76.3 Å². The van der Waals surface area contributed by atoms with Crippen LogP contribution in [0.2, 0.25) is 0 Å². The Hall–Kier alpha value is -2.28. The largest absolute Gasteiger partial charge is 0.334 e. The summed E-state index contributed by atoms with van der Waals surface area (Å²) < 4.78 is 0. The molecule has 6 nitrogen and oxygen atoms in total. The van der Waals surface area contributed by atoms with Crippen LogP contribution in [-0.4, -0.2) is 27.8 Å². The average Bonchev–Trinajstić information content (AvgIpc) is 2.99. The van der Waals surface area contributed by atoms with Gasteiger partial charge in [-0.15, -0.1) is 11.3 Å². The van der Waals surface area contributed by atoms with Crippen molar-refractivity contribution in [1.82, 2.24) is 9.88 Å². The molecule has 104 valence electrons. The van der Waals surface area contributed by atoms with Crippen LogP contribution in [0.25, 0.3) is 0 Å². The van der Waals surface area contributed by atoms with Gasteiger partial charge in [-0.2, -0.15) is 0 Å². The molecule has 0 fully saturated rings. The fourth-order valence-electron chi connectivity index (χ4n) is 1.80. The first kappa shape index (κ1) is 14.1. The Balaban J connectivity index is 2.22. The number of hydrogen-bond donors (Lipinski definition) is 0. The van der Waals surface area contributed by atoms with Crippen molar-refractivity contribution in [1.29, 1.82) is 0 Å². The number of nitro groups is 1. The van der Waals surface area contributed by atoms with Gasteiger partial charge in [0, 0.05) is 24.6 Å². The molecule has 1 atom stereocenters. The number of carbonyl (C=O) groups is 1. The van der Waals surface area contributed by atoms with Gasteiger partial charge in [0.25, 0.3) is 11.6 Å². The summed E-state index contributed by atoms with van der Waals surface area (Å²) in [5.41, 5.74) is 2.71. The van der Waals surface area contributed by atoms with E-state index in [-0.39, 0.29) is 17.6 Å². The third kappa shape index (κ3) is 2.83. The number of non-ortho nitro benzene ring substituents is 1. The van der Waals surface area contributed by atoms with E-state index >= 15 is 0 Å². The highest BCUT2D eigenvalue weighted by atomic mass is 32.1. The maximum Gasteiger partial charge on any atom is 0.273 e. The average molecular weight is 291 g/mol. The summed E-state index contributed by atoms with van der Waals surface area (Å²) in [4.78, 5) is 28.0. The molecule has 1 aromatic carbocycles. The van der Waals surface area contributed by atoms with Gasteiger partial charge in [0.1, 0.15) is 5.69 Å². The fourth-order valence-corrected chi connectivity index (χ4v) is 2.32. The van der Waals surface area contributed by atoms with Crippen molar-refractivity contribution >= 4 is 22.9 Å². The minimum absolute atomic E-state index is 0.0175. The maximum atomic E-state index is 12.2. The summed E-state index contributed by atoms with van der Waals surface area (Å²) in [5, 5.41) is 12.5. The Bertz CT molecular complexity index is 628. The smallest absolute Gasteiger partial charge is 0.273 e. The zero-order valence-corrected chi connectivity index (χ0v) is 11.8. The summed E-state index contributed by atoms with van der Waals surface area (Å²) in [7, 11) is 1.66. The van der Waals surface area contributed by atoms with Crippen molar-refractivity contribution in [3.05, 3.63) is 56.5 Å². The first-order chi connectivity index (χ1) is 9.50. The first-order valence-electron chi connectivity index (χ1n) is 5.90. The second kappa shape index (κ2) is 5.79. The third-order valence-corrected chi connectivity index (χ3v) is 3.70. The number of amides is 1. The summed E-state index contributed by atoms with van der Waals surface area (Å²) in [6, 6.07) is 6.02. The molecule has 0 spiro atoms. The van der Waals surface area contributed by atoms with Gasteiger partial charge in [0.05, 0.1) is 16.5 Å². The third-order valence-electron chi connectivity index (χ3n) is 3.12. The normalized spacial score (nSPS) is 11.9. The van der Waals surface area contributed by atoms with Gasteiger partial charge >= 0.3 is 0 Å². The number of nitro benzene ring substituents is 1. The van der Waals surface area contributed by atoms with Crippen LogP contribution >= 0.6 is 11.3 Å². The number of aromatic nitrogens is 1. The maximum absolute atomic E-state index is 12.2. The van der Waals surface area contributed by atoms with Gasteiger partial charge in [-0.1, -0.05) is 12.1 Å². The molecule has 0 saturated heterocycles. The first-order valence-corrected chi connectivity index (χ1v) is 6.84. The molecule has 1 amide bonds. The lowest BCUT2D eigenvalue weighted by molar-refractivity contribution is -0.384. The minimum atomic E-state index is -0.446. The highest BCUT2D eigenvalue weighted by Crippen LogP contribution is 2.24. The molecule has 1 unspecified atom stereocenters. The number of rotatable bonds is 4. The summed E-state index contributed by atoms with van der Waals surface area (Å²) >= 11 is 1.35. The lowest BCUT2D eigenvalue weighted by Crippen LogP contribution is -2.29. The molecule has 0 aliphatic carbocycles.